The molecule has 1 fully saturated rings. The Kier molecular flexibility index (Phi) is 6.02. The van der Waals surface area contributed by atoms with Crippen LogP contribution in [0.3, 0.4) is 0 Å². The molecular weight excluding hydrogens is 338 g/mol. The summed E-state index contributed by atoms with van der Waals surface area (Å²) < 4.78 is 26.6. The molecule has 1 unspecified atom stereocenters. The number of benzene rings is 1. The van der Waals surface area contributed by atoms with Crippen LogP contribution in [0.2, 0.25) is 5.02 Å². The highest BCUT2D eigenvalue weighted by Gasteiger charge is 2.31. The van der Waals surface area contributed by atoms with E-state index < -0.39 is 10.0 Å². The molecule has 1 aromatic rings. The molecular formula is C15H22ClN3O3S. The van der Waals surface area contributed by atoms with E-state index in [2.05, 4.69) is 0 Å². The largest absolute Gasteiger partial charge is 0.340 e. The maximum Gasteiger partial charge on any atom is 0.244 e. The molecule has 23 heavy (non-hydrogen) atoms. The van der Waals surface area contributed by atoms with Crippen LogP contribution in [-0.4, -0.2) is 55.8 Å². The second-order valence-electron chi connectivity index (χ2n) is 5.73. The van der Waals surface area contributed by atoms with Gasteiger partial charge in [0.2, 0.25) is 15.9 Å². The summed E-state index contributed by atoms with van der Waals surface area (Å²) in [7, 11) is -3.62. The van der Waals surface area contributed by atoms with Crippen LogP contribution >= 0.6 is 11.6 Å². The Morgan fingerprint density at radius 3 is 2.43 bits per heavy atom. The number of nitrogens with two attached hydrogens (primary N) is 1. The van der Waals surface area contributed by atoms with E-state index in [9.17, 15) is 13.2 Å². The third-order valence-corrected chi connectivity index (χ3v) is 6.26. The molecule has 1 aliphatic heterocycles. The Balaban J connectivity index is 1.99. The molecule has 1 aromatic carbocycles. The van der Waals surface area contributed by atoms with E-state index in [1.54, 1.807) is 23.1 Å². The lowest BCUT2D eigenvalue weighted by Crippen LogP contribution is -2.50. The van der Waals surface area contributed by atoms with Crippen LogP contribution in [0.4, 0.5) is 0 Å². The quantitative estimate of drug-likeness (QED) is 0.858. The zero-order chi connectivity index (χ0) is 17.0. The summed E-state index contributed by atoms with van der Waals surface area (Å²) in [6.07, 6.45) is 1.03. The summed E-state index contributed by atoms with van der Waals surface area (Å²) in [5.41, 5.74) is 5.66. The summed E-state index contributed by atoms with van der Waals surface area (Å²) in [5.74, 6) is 0.0251. The van der Waals surface area contributed by atoms with Crippen LogP contribution in [0, 0.1) is 0 Å². The van der Waals surface area contributed by atoms with Crippen LogP contribution in [0.1, 0.15) is 19.8 Å². The first-order chi connectivity index (χ1) is 10.8. The number of hydrogen-bond donors (Lipinski definition) is 1. The molecule has 0 aromatic heterocycles. The average Bonchev–Trinajstić information content (AvgIpc) is 2.53. The molecule has 8 heteroatoms. The van der Waals surface area contributed by atoms with Gasteiger partial charge in [-0.2, -0.15) is 4.31 Å². The van der Waals surface area contributed by atoms with Crippen molar-refractivity contribution in [3.63, 3.8) is 0 Å². The normalized spacial score (nSPS) is 18.0. The van der Waals surface area contributed by atoms with Crippen LogP contribution < -0.4 is 5.73 Å². The van der Waals surface area contributed by atoms with E-state index in [1.807, 2.05) is 6.92 Å². The number of nitrogens with zero attached hydrogens (tertiary/aromatic N) is 2. The van der Waals surface area contributed by atoms with Gasteiger partial charge in [0, 0.05) is 38.6 Å². The predicted molar refractivity (Wildman–Crippen MR) is 89.7 cm³/mol. The van der Waals surface area contributed by atoms with Gasteiger partial charge < -0.3 is 10.6 Å². The maximum atomic E-state index is 12.6. The zero-order valence-corrected chi connectivity index (χ0v) is 14.7. The summed E-state index contributed by atoms with van der Waals surface area (Å²) >= 11 is 6.00. The average molecular weight is 360 g/mol. The number of halogens is 1. The summed E-state index contributed by atoms with van der Waals surface area (Å²) in [6, 6.07) is 6.38. The monoisotopic (exact) mass is 359 g/mol. The van der Waals surface area contributed by atoms with Crippen molar-refractivity contribution < 1.29 is 13.2 Å². The van der Waals surface area contributed by atoms with Gasteiger partial charge in [-0.3, -0.25) is 4.79 Å². The lowest BCUT2D eigenvalue weighted by atomic mass is 10.2. The summed E-state index contributed by atoms with van der Waals surface area (Å²) in [5, 5.41) is 0.211. The number of hydrogen-bond acceptors (Lipinski definition) is 4. The van der Waals surface area contributed by atoms with E-state index in [1.165, 1.54) is 10.4 Å². The minimum absolute atomic E-state index is 0.0131. The molecule has 128 valence electrons. The first-order valence-corrected chi connectivity index (χ1v) is 9.42. The minimum atomic E-state index is -3.62. The zero-order valence-electron chi connectivity index (χ0n) is 13.1. The van der Waals surface area contributed by atoms with E-state index in [-0.39, 0.29) is 35.0 Å². The van der Waals surface area contributed by atoms with Crippen LogP contribution in [0.15, 0.2) is 29.2 Å². The second kappa shape index (κ2) is 7.61. The topological polar surface area (TPSA) is 83.7 Å². The Morgan fingerprint density at radius 2 is 1.87 bits per heavy atom. The SMILES string of the molecule is CC(N)CCC(=O)N1CCN(S(=O)(=O)c2ccccc2Cl)CC1. The van der Waals surface area contributed by atoms with Gasteiger partial charge in [-0.15, -0.1) is 0 Å². The lowest BCUT2D eigenvalue weighted by Gasteiger charge is -2.34. The summed E-state index contributed by atoms with van der Waals surface area (Å²) in [4.78, 5) is 13.9. The highest BCUT2D eigenvalue weighted by atomic mass is 35.5. The predicted octanol–water partition coefficient (Wildman–Crippen LogP) is 1.30. The van der Waals surface area contributed by atoms with Crippen LogP contribution in [0.25, 0.3) is 0 Å². The van der Waals surface area contributed by atoms with Crippen molar-refractivity contribution >= 4 is 27.5 Å². The summed E-state index contributed by atoms with van der Waals surface area (Å²) in [6.45, 7) is 3.19. The van der Waals surface area contributed by atoms with Gasteiger partial charge in [0.25, 0.3) is 0 Å². The second-order valence-corrected chi connectivity index (χ2v) is 8.04. The Labute approximate surface area is 142 Å². The van der Waals surface area contributed by atoms with E-state index in [0.29, 0.717) is 25.9 Å². The highest BCUT2D eigenvalue weighted by Crippen LogP contribution is 2.25. The number of carbonyl (C=O) groups is 1. The number of amides is 1. The Hall–Kier alpha value is -1.15. The molecule has 1 saturated heterocycles. The molecule has 0 radical (unpaired) electrons. The van der Waals surface area contributed by atoms with Crippen molar-refractivity contribution in [1.29, 1.82) is 0 Å². The third-order valence-electron chi connectivity index (χ3n) is 3.86. The van der Waals surface area contributed by atoms with Crippen molar-refractivity contribution in [2.75, 3.05) is 26.2 Å². The fourth-order valence-electron chi connectivity index (χ4n) is 2.48. The van der Waals surface area contributed by atoms with E-state index >= 15 is 0 Å². The standard InChI is InChI=1S/C15H22ClN3O3S/c1-12(17)6-7-15(20)18-8-10-19(11-9-18)23(21,22)14-5-3-2-4-13(14)16/h2-5,12H,6-11,17H2,1H3. The van der Waals surface area contributed by atoms with E-state index in [0.717, 1.165) is 0 Å². The van der Waals surface area contributed by atoms with Gasteiger partial charge in [0.15, 0.2) is 0 Å². The molecule has 2 N–H and O–H groups in total. The maximum absolute atomic E-state index is 12.6. The third kappa shape index (κ3) is 4.44. The van der Waals surface area contributed by atoms with Crippen LogP contribution in [0.5, 0.6) is 0 Å². The number of carbonyl (C=O) groups excluding carboxylic acids is 1. The first kappa shape index (κ1) is 18.2. The fourth-order valence-corrected chi connectivity index (χ4v) is 4.40. The first-order valence-electron chi connectivity index (χ1n) is 7.60. The van der Waals surface area contributed by atoms with Gasteiger partial charge in [0.05, 0.1) is 5.02 Å². The molecule has 0 spiro atoms. The molecule has 1 heterocycles. The van der Waals surface area contributed by atoms with Gasteiger partial charge in [-0.05, 0) is 25.5 Å². The fraction of sp³-hybridized carbons (Fsp3) is 0.533. The molecule has 0 bridgehead atoms. The molecule has 2 rings (SSSR count). The lowest BCUT2D eigenvalue weighted by molar-refractivity contribution is -0.132. The Morgan fingerprint density at radius 1 is 1.26 bits per heavy atom. The van der Waals surface area contributed by atoms with Crippen molar-refractivity contribution in [3.8, 4) is 0 Å². The molecule has 1 amide bonds. The molecule has 1 aliphatic rings. The highest BCUT2D eigenvalue weighted by molar-refractivity contribution is 7.89. The molecule has 1 atom stereocenters. The van der Waals surface area contributed by atoms with Gasteiger partial charge >= 0.3 is 0 Å². The van der Waals surface area contributed by atoms with Crippen LogP contribution in [-0.2, 0) is 14.8 Å². The number of rotatable bonds is 5. The molecule has 0 saturated carbocycles. The van der Waals surface area contributed by atoms with Crippen molar-refractivity contribution in [2.45, 2.75) is 30.7 Å². The number of piperazine rings is 1. The Bertz CT molecular complexity index is 656. The van der Waals surface area contributed by atoms with E-state index in [4.69, 9.17) is 17.3 Å². The van der Waals surface area contributed by atoms with Gasteiger partial charge in [0.1, 0.15) is 4.90 Å². The van der Waals surface area contributed by atoms with Crippen molar-refractivity contribution in [1.82, 2.24) is 9.21 Å². The van der Waals surface area contributed by atoms with Crippen molar-refractivity contribution in [2.24, 2.45) is 5.73 Å². The van der Waals surface area contributed by atoms with Gasteiger partial charge in [-0.1, -0.05) is 23.7 Å². The van der Waals surface area contributed by atoms with Gasteiger partial charge in [-0.25, -0.2) is 8.42 Å². The minimum Gasteiger partial charge on any atom is -0.340 e. The number of sulfonamides is 1. The molecule has 6 nitrogen and oxygen atoms in total. The van der Waals surface area contributed by atoms with Crippen molar-refractivity contribution in [3.05, 3.63) is 29.3 Å². The smallest absolute Gasteiger partial charge is 0.244 e. The molecule has 0 aliphatic carbocycles.